The van der Waals surface area contributed by atoms with Gasteiger partial charge in [-0.05, 0) is 0 Å². The van der Waals surface area contributed by atoms with Crippen LogP contribution in [0.15, 0.2) is 0 Å². The number of rotatable bonds is 6. The Morgan fingerprint density at radius 1 is 0.952 bits per heavy atom. The number of alkyl halides is 7. The lowest BCUT2D eigenvalue weighted by Gasteiger charge is -2.27. The predicted octanol–water partition coefficient (Wildman–Crippen LogP) is 2.56. The van der Waals surface area contributed by atoms with Crippen LogP contribution in [0, 0.1) is 5.92 Å². The summed E-state index contributed by atoms with van der Waals surface area (Å²) in [5, 5.41) is 0. The van der Waals surface area contributed by atoms with E-state index in [1.165, 1.54) is 13.8 Å². The Morgan fingerprint density at radius 2 is 1.43 bits per heavy atom. The summed E-state index contributed by atoms with van der Waals surface area (Å²) in [6, 6.07) is 0. The Balaban J connectivity index is 4.51. The van der Waals surface area contributed by atoms with Crippen LogP contribution < -0.4 is 0 Å². The normalized spacial score (nSPS) is 13.2. The van der Waals surface area contributed by atoms with Gasteiger partial charge in [-0.3, -0.25) is 4.79 Å². The van der Waals surface area contributed by atoms with Gasteiger partial charge in [0.05, 0.1) is 5.92 Å². The van der Waals surface area contributed by atoms with Gasteiger partial charge >= 0.3 is 30.0 Å². The highest BCUT2D eigenvalue weighted by atomic mass is 19.4. The Labute approximate surface area is 114 Å². The van der Waals surface area contributed by atoms with Gasteiger partial charge in [-0.15, -0.1) is 0 Å². The largest absolute Gasteiger partial charge is 0.460 e. The third kappa shape index (κ3) is 5.05. The van der Waals surface area contributed by atoms with E-state index in [-0.39, 0.29) is 0 Å². The van der Waals surface area contributed by atoms with Crippen molar-refractivity contribution in [1.82, 2.24) is 0 Å². The van der Waals surface area contributed by atoms with E-state index in [9.17, 15) is 40.3 Å². The first-order valence-corrected chi connectivity index (χ1v) is 5.37. The second-order valence-corrected chi connectivity index (χ2v) is 4.20. The smallest absolute Gasteiger partial charge is 0.456 e. The third-order valence-electron chi connectivity index (χ3n) is 2.03. The molecule has 124 valence electrons. The van der Waals surface area contributed by atoms with E-state index in [1.807, 2.05) is 0 Å². The van der Waals surface area contributed by atoms with Crippen LogP contribution in [0.4, 0.5) is 30.7 Å². The number of ether oxygens (including phenoxy) is 2. The van der Waals surface area contributed by atoms with Crippen LogP contribution in [0.2, 0.25) is 0 Å². The summed E-state index contributed by atoms with van der Waals surface area (Å²) in [6.45, 7) is -0.917. The maximum absolute atomic E-state index is 12.7. The highest BCUT2D eigenvalue weighted by molar-refractivity contribution is 5.77. The van der Waals surface area contributed by atoms with Crippen molar-refractivity contribution in [3.63, 3.8) is 0 Å². The molecule has 0 aromatic heterocycles. The minimum atomic E-state index is -6.51. The fourth-order valence-electron chi connectivity index (χ4n) is 0.808. The molecule has 0 aromatic rings. The highest BCUT2D eigenvalue weighted by Crippen LogP contribution is 2.46. The van der Waals surface area contributed by atoms with E-state index < -0.39 is 49.1 Å². The van der Waals surface area contributed by atoms with Crippen molar-refractivity contribution in [1.29, 1.82) is 0 Å². The molecule has 0 unspecified atom stereocenters. The standard InChI is InChI=1S/C10H11F7O4/c1-5(2)7(19)20-3-6(18)21-4-8(11,12)9(13,14)10(15,16)17/h5H,3-4H2,1-2H3. The maximum Gasteiger partial charge on any atom is 0.460 e. The second-order valence-electron chi connectivity index (χ2n) is 4.20. The lowest BCUT2D eigenvalue weighted by molar-refractivity contribution is -0.359. The zero-order valence-electron chi connectivity index (χ0n) is 10.8. The van der Waals surface area contributed by atoms with Gasteiger partial charge in [0, 0.05) is 0 Å². The van der Waals surface area contributed by atoms with Crippen molar-refractivity contribution in [3.05, 3.63) is 0 Å². The second kappa shape index (κ2) is 6.48. The molecule has 0 heterocycles. The molecule has 0 aliphatic carbocycles. The molecule has 0 spiro atoms. The minimum Gasteiger partial charge on any atom is -0.456 e. The van der Waals surface area contributed by atoms with Crippen molar-refractivity contribution in [2.75, 3.05) is 13.2 Å². The molecule has 0 atom stereocenters. The maximum atomic E-state index is 12.7. The SMILES string of the molecule is CC(C)C(=O)OCC(=O)OCC(F)(F)C(F)(F)C(F)(F)F. The van der Waals surface area contributed by atoms with Crippen LogP contribution in [0.3, 0.4) is 0 Å². The van der Waals surface area contributed by atoms with Crippen molar-refractivity contribution >= 4 is 11.9 Å². The van der Waals surface area contributed by atoms with Crippen molar-refractivity contribution in [2.45, 2.75) is 31.9 Å². The van der Waals surface area contributed by atoms with Crippen LogP contribution in [0.5, 0.6) is 0 Å². The van der Waals surface area contributed by atoms with Crippen molar-refractivity contribution in [3.8, 4) is 0 Å². The van der Waals surface area contributed by atoms with E-state index in [4.69, 9.17) is 0 Å². The lowest BCUT2D eigenvalue weighted by Crippen LogP contribution is -2.54. The Bertz CT molecular complexity index is 389. The van der Waals surface area contributed by atoms with Gasteiger partial charge in [0.1, 0.15) is 0 Å². The first-order chi connectivity index (χ1) is 9.22. The lowest BCUT2D eigenvalue weighted by atomic mass is 10.2. The van der Waals surface area contributed by atoms with Crippen LogP contribution in [-0.2, 0) is 19.1 Å². The van der Waals surface area contributed by atoms with Crippen LogP contribution in [0.25, 0.3) is 0 Å². The monoisotopic (exact) mass is 328 g/mol. The molecule has 0 saturated heterocycles. The Kier molecular flexibility index (Phi) is 6.00. The Hall–Kier alpha value is -1.55. The summed E-state index contributed by atoms with van der Waals surface area (Å²) < 4.78 is 93.4. The van der Waals surface area contributed by atoms with Gasteiger partial charge in [-0.2, -0.15) is 30.7 Å². The fourth-order valence-corrected chi connectivity index (χ4v) is 0.808. The summed E-state index contributed by atoms with van der Waals surface area (Å²) in [5.74, 6) is -15.3. The molecule has 0 fully saturated rings. The molecular formula is C10H11F7O4. The van der Waals surface area contributed by atoms with Gasteiger partial charge < -0.3 is 9.47 Å². The van der Waals surface area contributed by atoms with E-state index in [2.05, 4.69) is 9.47 Å². The van der Waals surface area contributed by atoms with Gasteiger partial charge in [-0.25, -0.2) is 4.79 Å². The molecule has 0 aromatic carbocycles. The number of halogens is 7. The number of hydrogen-bond donors (Lipinski definition) is 0. The molecule has 0 radical (unpaired) electrons. The molecule has 21 heavy (non-hydrogen) atoms. The van der Waals surface area contributed by atoms with Gasteiger partial charge in [-0.1, -0.05) is 13.8 Å². The summed E-state index contributed by atoms with van der Waals surface area (Å²) in [4.78, 5) is 21.7. The quantitative estimate of drug-likeness (QED) is 0.555. The summed E-state index contributed by atoms with van der Waals surface area (Å²) in [6.07, 6.45) is -6.51. The third-order valence-corrected chi connectivity index (χ3v) is 2.03. The highest BCUT2D eigenvalue weighted by Gasteiger charge is 2.73. The zero-order valence-corrected chi connectivity index (χ0v) is 10.8. The Morgan fingerprint density at radius 3 is 1.81 bits per heavy atom. The minimum absolute atomic E-state index is 0.659. The first kappa shape index (κ1) is 19.4. The number of carbonyl (C=O) groups excluding carboxylic acids is 2. The molecular weight excluding hydrogens is 317 g/mol. The molecule has 11 heteroatoms. The molecule has 0 bridgehead atoms. The van der Waals surface area contributed by atoms with Crippen molar-refractivity contribution < 1.29 is 49.8 Å². The molecule has 0 aliphatic rings. The summed E-state index contributed by atoms with van der Waals surface area (Å²) in [5.41, 5.74) is 0. The van der Waals surface area contributed by atoms with E-state index in [1.54, 1.807) is 0 Å². The van der Waals surface area contributed by atoms with Crippen LogP contribution >= 0.6 is 0 Å². The molecule has 0 rings (SSSR count). The van der Waals surface area contributed by atoms with Gasteiger partial charge in [0.2, 0.25) is 0 Å². The first-order valence-electron chi connectivity index (χ1n) is 5.37. The summed E-state index contributed by atoms with van der Waals surface area (Å²) in [7, 11) is 0. The van der Waals surface area contributed by atoms with Gasteiger partial charge in [0.25, 0.3) is 0 Å². The number of carbonyl (C=O) groups is 2. The molecule has 0 saturated carbocycles. The van der Waals surface area contributed by atoms with Crippen LogP contribution in [-0.4, -0.2) is 43.2 Å². The average Bonchev–Trinajstić information content (AvgIpc) is 2.31. The molecule has 0 N–H and O–H groups in total. The topological polar surface area (TPSA) is 52.6 Å². The summed E-state index contributed by atoms with van der Waals surface area (Å²) >= 11 is 0. The zero-order chi connectivity index (χ0) is 17.1. The molecule has 0 amide bonds. The van der Waals surface area contributed by atoms with E-state index in [0.717, 1.165) is 0 Å². The van der Waals surface area contributed by atoms with E-state index >= 15 is 0 Å². The predicted molar refractivity (Wildman–Crippen MR) is 52.7 cm³/mol. The number of hydrogen-bond acceptors (Lipinski definition) is 4. The number of esters is 2. The van der Waals surface area contributed by atoms with Gasteiger partial charge in [0.15, 0.2) is 13.2 Å². The van der Waals surface area contributed by atoms with Crippen LogP contribution in [0.1, 0.15) is 13.8 Å². The average molecular weight is 328 g/mol. The molecule has 0 aliphatic heterocycles. The molecule has 4 nitrogen and oxygen atoms in total. The fraction of sp³-hybridized carbons (Fsp3) is 0.800. The van der Waals surface area contributed by atoms with Crippen molar-refractivity contribution in [2.24, 2.45) is 5.92 Å². The van der Waals surface area contributed by atoms with E-state index in [0.29, 0.717) is 0 Å².